The standard InChI is InChI=1S/C21H23NO6S/c1-15(20(23)22-18-11-12-29(25,26)14-18)28-21(24)17-9-7-16(8-10-17)13-27-19-5-3-2-4-6-19/h2-10,15,18H,11-14H2,1H3,(H,22,23)/t15-,18+/m0/s1. The molecule has 0 unspecified atom stereocenters. The number of nitrogens with one attached hydrogen (secondary N) is 1. The van der Waals surface area contributed by atoms with E-state index in [9.17, 15) is 18.0 Å². The molecule has 0 spiro atoms. The number of ether oxygens (including phenoxy) is 2. The van der Waals surface area contributed by atoms with Crippen molar-refractivity contribution in [2.75, 3.05) is 11.5 Å². The minimum Gasteiger partial charge on any atom is -0.489 e. The molecule has 0 bridgehead atoms. The van der Waals surface area contributed by atoms with Crippen molar-refractivity contribution in [3.63, 3.8) is 0 Å². The molecule has 1 fully saturated rings. The van der Waals surface area contributed by atoms with Gasteiger partial charge in [-0.05, 0) is 43.2 Å². The van der Waals surface area contributed by atoms with Gasteiger partial charge in [0.2, 0.25) is 0 Å². The summed E-state index contributed by atoms with van der Waals surface area (Å²) in [6.45, 7) is 1.82. The van der Waals surface area contributed by atoms with Crippen LogP contribution < -0.4 is 10.1 Å². The summed E-state index contributed by atoms with van der Waals surface area (Å²) < 4.78 is 33.8. The van der Waals surface area contributed by atoms with E-state index in [1.54, 1.807) is 24.3 Å². The van der Waals surface area contributed by atoms with Crippen LogP contribution in [0.15, 0.2) is 54.6 Å². The Morgan fingerprint density at radius 3 is 2.41 bits per heavy atom. The highest BCUT2D eigenvalue weighted by atomic mass is 32.2. The highest BCUT2D eigenvalue weighted by molar-refractivity contribution is 7.91. The van der Waals surface area contributed by atoms with Gasteiger partial charge >= 0.3 is 5.97 Å². The lowest BCUT2D eigenvalue weighted by molar-refractivity contribution is -0.129. The third-order valence-corrected chi connectivity index (χ3v) is 6.34. The number of hydrogen-bond acceptors (Lipinski definition) is 6. The number of benzene rings is 2. The molecule has 29 heavy (non-hydrogen) atoms. The molecule has 154 valence electrons. The Kier molecular flexibility index (Phi) is 6.53. The zero-order chi connectivity index (χ0) is 20.9. The molecule has 0 radical (unpaired) electrons. The molecule has 3 rings (SSSR count). The van der Waals surface area contributed by atoms with Crippen LogP contribution in [0.3, 0.4) is 0 Å². The predicted molar refractivity (Wildman–Crippen MR) is 107 cm³/mol. The van der Waals surface area contributed by atoms with Crippen LogP contribution in [0.25, 0.3) is 0 Å². The number of hydrogen-bond donors (Lipinski definition) is 1. The van der Waals surface area contributed by atoms with Crippen molar-refractivity contribution in [1.29, 1.82) is 0 Å². The highest BCUT2D eigenvalue weighted by Crippen LogP contribution is 2.14. The monoisotopic (exact) mass is 417 g/mol. The van der Waals surface area contributed by atoms with E-state index in [0.29, 0.717) is 18.6 Å². The Bertz CT molecular complexity index is 956. The van der Waals surface area contributed by atoms with Gasteiger partial charge in [-0.2, -0.15) is 0 Å². The van der Waals surface area contributed by atoms with E-state index in [4.69, 9.17) is 9.47 Å². The third-order valence-electron chi connectivity index (χ3n) is 4.57. The fraction of sp³-hybridized carbons (Fsp3) is 0.333. The van der Waals surface area contributed by atoms with Gasteiger partial charge in [-0.3, -0.25) is 4.79 Å². The van der Waals surface area contributed by atoms with Crippen molar-refractivity contribution in [3.8, 4) is 5.75 Å². The smallest absolute Gasteiger partial charge is 0.338 e. The van der Waals surface area contributed by atoms with Crippen LogP contribution >= 0.6 is 0 Å². The third kappa shape index (κ3) is 6.05. The second-order valence-corrected chi connectivity index (χ2v) is 9.18. The van der Waals surface area contributed by atoms with Gasteiger partial charge in [0, 0.05) is 6.04 Å². The summed E-state index contributed by atoms with van der Waals surface area (Å²) in [5, 5.41) is 2.62. The molecule has 0 saturated carbocycles. The number of para-hydroxylation sites is 1. The first-order chi connectivity index (χ1) is 13.8. The number of carbonyl (C=O) groups is 2. The number of sulfone groups is 1. The van der Waals surface area contributed by atoms with Gasteiger partial charge in [0.15, 0.2) is 15.9 Å². The zero-order valence-electron chi connectivity index (χ0n) is 16.0. The van der Waals surface area contributed by atoms with Crippen molar-refractivity contribution in [3.05, 3.63) is 65.7 Å². The molecule has 2 aromatic rings. The maximum Gasteiger partial charge on any atom is 0.338 e. The number of amides is 1. The Hall–Kier alpha value is -2.87. The second-order valence-electron chi connectivity index (χ2n) is 6.95. The molecule has 1 aliphatic heterocycles. The number of esters is 1. The molecule has 1 saturated heterocycles. The fourth-order valence-electron chi connectivity index (χ4n) is 2.93. The molecule has 8 heteroatoms. The van der Waals surface area contributed by atoms with Crippen molar-refractivity contribution < 1.29 is 27.5 Å². The molecular weight excluding hydrogens is 394 g/mol. The van der Waals surface area contributed by atoms with E-state index in [0.717, 1.165) is 11.3 Å². The van der Waals surface area contributed by atoms with Crippen molar-refractivity contribution in [2.24, 2.45) is 0 Å². The maximum absolute atomic E-state index is 12.3. The molecule has 2 atom stereocenters. The van der Waals surface area contributed by atoms with E-state index in [1.165, 1.54) is 6.92 Å². The van der Waals surface area contributed by atoms with E-state index < -0.39 is 33.9 Å². The van der Waals surface area contributed by atoms with Gasteiger partial charge in [-0.1, -0.05) is 30.3 Å². The zero-order valence-corrected chi connectivity index (χ0v) is 16.9. The van der Waals surface area contributed by atoms with Crippen LogP contribution in [0, 0.1) is 0 Å². The molecule has 1 amide bonds. The Morgan fingerprint density at radius 2 is 1.79 bits per heavy atom. The molecular formula is C21H23NO6S. The first-order valence-electron chi connectivity index (χ1n) is 9.31. The first kappa shape index (κ1) is 20.9. The molecule has 2 aromatic carbocycles. The summed E-state index contributed by atoms with van der Waals surface area (Å²) in [6.07, 6.45) is -0.645. The average molecular weight is 417 g/mol. The van der Waals surface area contributed by atoms with Gasteiger partial charge in [0.25, 0.3) is 5.91 Å². The van der Waals surface area contributed by atoms with Crippen molar-refractivity contribution in [1.82, 2.24) is 5.32 Å². The van der Waals surface area contributed by atoms with Gasteiger partial charge in [-0.15, -0.1) is 0 Å². The van der Waals surface area contributed by atoms with Crippen molar-refractivity contribution >= 4 is 21.7 Å². The Labute approximate surface area is 169 Å². The van der Waals surface area contributed by atoms with Crippen LogP contribution in [0.2, 0.25) is 0 Å². The fourth-order valence-corrected chi connectivity index (χ4v) is 4.60. The minimum absolute atomic E-state index is 0.0620. The van der Waals surface area contributed by atoms with Gasteiger partial charge in [0.1, 0.15) is 12.4 Å². The summed E-state index contributed by atoms with van der Waals surface area (Å²) in [6, 6.07) is 15.7. The quantitative estimate of drug-likeness (QED) is 0.693. The summed E-state index contributed by atoms with van der Waals surface area (Å²) >= 11 is 0. The predicted octanol–water partition coefficient (Wildman–Crippen LogP) is 2.11. The van der Waals surface area contributed by atoms with Crippen molar-refractivity contribution in [2.45, 2.75) is 32.1 Å². The summed E-state index contributed by atoms with van der Waals surface area (Å²) in [5.74, 6) is -0.389. The Balaban J connectivity index is 1.48. The normalized spacial score (nSPS) is 18.6. The van der Waals surface area contributed by atoms with Crippen LogP contribution in [-0.2, 0) is 26.0 Å². The Morgan fingerprint density at radius 1 is 1.10 bits per heavy atom. The van der Waals surface area contributed by atoms with Gasteiger partial charge < -0.3 is 14.8 Å². The topological polar surface area (TPSA) is 98.8 Å². The lowest BCUT2D eigenvalue weighted by Gasteiger charge is -2.16. The lowest BCUT2D eigenvalue weighted by atomic mass is 10.1. The SMILES string of the molecule is C[C@H](OC(=O)c1ccc(COc2ccccc2)cc1)C(=O)N[C@@H]1CCS(=O)(=O)C1. The molecule has 1 N–H and O–H groups in total. The molecule has 1 aliphatic rings. The summed E-state index contributed by atoms with van der Waals surface area (Å²) in [4.78, 5) is 24.4. The summed E-state index contributed by atoms with van der Waals surface area (Å²) in [5.41, 5.74) is 1.20. The van der Waals surface area contributed by atoms with E-state index in [1.807, 2.05) is 30.3 Å². The highest BCUT2D eigenvalue weighted by Gasteiger charge is 2.30. The first-order valence-corrected chi connectivity index (χ1v) is 11.1. The average Bonchev–Trinajstić information content (AvgIpc) is 3.05. The van der Waals surface area contributed by atoms with Crippen LogP contribution in [-0.4, -0.2) is 43.9 Å². The number of rotatable bonds is 7. The molecule has 0 aliphatic carbocycles. The maximum atomic E-state index is 12.3. The van der Waals surface area contributed by atoms with Crippen LogP contribution in [0.1, 0.15) is 29.3 Å². The van der Waals surface area contributed by atoms with Gasteiger partial charge in [0.05, 0.1) is 17.1 Å². The molecule has 1 heterocycles. The van der Waals surface area contributed by atoms with Gasteiger partial charge in [-0.25, -0.2) is 13.2 Å². The molecule has 7 nitrogen and oxygen atoms in total. The van der Waals surface area contributed by atoms with E-state index >= 15 is 0 Å². The largest absolute Gasteiger partial charge is 0.489 e. The minimum atomic E-state index is -3.09. The summed E-state index contributed by atoms with van der Waals surface area (Å²) in [7, 11) is -3.09. The van der Waals surface area contributed by atoms with Crippen LogP contribution in [0.4, 0.5) is 0 Å². The number of carbonyl (C=O) groups excluding carboxylic acids is 2. The van der Waals surface area contributed by atoms with Crippen LogP contribution in [0.5, 0.6) is 5.75 Å². The second kappa shape index (κ2) is 9.09. The van der Waals surface area contributed by atoms with E-state index in [2.05, 4.69) is 5.32 Å². The molecule has 0 aromatic heterocycles. The lowest BCUT2D eigenvalue weighted by Crippen LogP contribution is -2.42. The van der Waals surface area contributed by atoms with E-state index in [-0.39, 0.29) is 11.5 Å².